The first-order valence-corrected chi connectivity index (χ1v) is 10.1. The van der Waals surface area contributed by atoms with Gasteiger partial charge in [0.1, 0.15) is 5.75 Å². The first-order chi connectivity index (χ1) is 13.3. The number of benzene rings is 2. The number of carboxylic acid groups (broad SMARTS) is 1. The van der Waals surface area contributed by atoms with E-state index in [2.05, 4.69) is 0 Å². The maximum Gasteiger partial charge on any atom is 0.337 e. The van der Waals surface area contributed by atoms with Crippen LogP contribution in [0, 0.1) is 0 Å². The SMILES string of the molecule is COc1cc(OC)c2c(c1)c(C(=O)O)c1ccccc1[n+]2CCCS(=O)(=O)O. The first kappa shape index (κ1) is 19.8. The van der Waals surface area contributed by atoms with E-state index < -0.39 is 21.8 Å². The third-order valence-corrected chi connectivity index (χ3v) is 5.31. The Morgan fingerprint density at radius 1 is 1.11 bits per heavy atom. The van der Waals surface area contributed by atoms with Crippen molar-refractivity contribution in [3.63, 3.8) is 0 Å². The zero-order valence-electron chi connectivity index (χ0n) is 15.4. The second kappa shape index (κ2) is 7.61. The number of aromatic carboxylic acids is 1. The molecule has 0 unspecified atom stereocenters. The van der Waals surface area contributed by atoms with E-state index in [1.165, 1.54) is 14.2 Å². The lowest BCUT2D eigenvalue weighted by Crippen LogP contribution is -2.37. The summed E-state index contributed by atoms with van der Waals surface area (Å²) in [6, 6.07) is 10.2. The van der Waals surface area contributed by atoms with Crippen molar-refractivity contribution < 1.29 is 36.9 Å². The number of ether oxygens (including phenoxy) is 2. The first-order valence-electron chi connectivity index (χ1n) is 8.45. The van der Waals surface area contributed by atoms with E-state index in [0.717, 1.165) is 0 Å². The molecule has 3 aromatic rings. The third kappa shape index (κ3) is 3.71. The predicted molar refractivity (Wildman–Crippen MR) is 103 cm³/mol. The minimum Gasteiger partial charge on any atom is -0.497 e. The van der Waals surface area contributed by atoms with Gasteiger partial charge in [-0.05, 0) is 12.1 Å². The lowest BCUT2D eigenvalue weighted by atomic mass is 10.0. The minimum atomic E-state index is -4.11. The lowest BCUT2D eigenvalue weighted by Gasteiger charge is -2.13. The summed E-state index contributed by atoms with van der Waals surface area (Å²) in [5.41, 5.74) is 1.23. The van der Waals surface area contributed by atoms with Gasteiger partial charge in [-0.3, -0.25) is 4.55 Å². The van der Waals surface area contributed by atoms with Crippen molar-refractivity contribution in [2.24, 2.45) is 0 Å². The highest BCUT2D eigenvalue weighted by Gasteiger charge is 2.27. The van der Waals surface area contributed by atoms with Crippen molar-refractivity contribution in [2.75, 3.05) is 20.0 Å². The van der Waals surface area contributed by atoms with Gasteiger partial charge in [-0.25, -0.2) is 4.79 Å². The minimum absolute atomic E-state index is 0.105. The van der Waals surface area contributed by atoms with Gasteiger partial charge in [0.05, 0.1) is 36.3 Å². The number of fused-ring (bicyclic) bond motifs is 2. The summed E-state index contributed by atoms with van der Waals surface area (Å²) in [7, 11) is -1.17. The summed E-state index contributed by atoms with van der Waals surface area (Å²) in [5, 5.41) is 10.8. The van der Waals surface area contributed by atoms with Gasteiger partial charge < -0.3 is 14.6 Å². The van der Waals surface area contributed by atoms with Gasteiger partial charge in [-0.2, -0.15) is 13.0 Å². The van der Waals surface area contributed by atoms with Crippen LogP contribution in [0.5, 0.6) is 11.5 Å². The summed E-state index contributed by atoms with van der Waals surface area (Å²) >= 11 is 0. The van der Waals surface area contributed by atoms with Crippen LogP contribution in [0.15, 0.2) is 36.4 Å². The summed E-state index contributed by atoms with van der Waals surface area (Å²) < 4.78 is 43.9. The summed E-state index contributed by atoms with van der Waals surface area (Å²) in [4.78, 5) is 12.1. The standard InChI is InChI=1S/C19H19NO7S/c1-26-12-10-14-17(19(21)22)13-6-3-4-7-15(13)20(8-5-9-28(23,24)25)18(14)16(11-12)27-2/h3-4,6-7,10-11H,5,8-9H2,1-2H3,(H-,21,22,23,24,25)/p+1. The van der Waals surface area contributed by atoms with Gasteiger partial charge in [0.2, 0.25) is 5.52 Å². The molecule has 2 N–H and O–H groups in total. The van der Waals surface area contributed by atoms with Crippen LogP contribution in [0.3, 0.4) is 0 Å². The summed E-state index contributed by atoms with van der Waals surface area (Å²) in [5.74, 6) is -0.669. The predicted octanol–water partition coefficient (Wildman–Crippen LogP) is 2.27. The van der Waals surface area contributed by atoms with Crippen LogP contribution in [0.2, 0.25) is 0 Å². The highest BCUT2D eigenvalue weighted by Crippen LogP contribution is 2.34. The molecule has 3 rings (SSSR count). The molecule has 0 aliphatic heterocycles. The van der Waals surface area contributed by atoms with E-state index >= 15 is 0 Å². The molecule has 0 spiro atoms. The Labute approximate surface area is 161 Å². The maximum absolute atomic E-state index is 12.1. The van der Waals surface area contributed by atoms with Gasteiger partial charge in [0, 0.05) is 18.6 Å². The van der Waals surface area contributed by atoms with Crippen molar-refractivity contribution in [2.45, 2.75) is 13.0 Å². The molecule has 2 aromatic carbocycles. The zero-order valence-corrected chi connectivity index (χ0v) is 16.2. The van der Waals surface area contributed by atoms with E-state index in [9.17, 15) is 18.3 Å². The van der Waals surface area contributed by atoms with E-state index in [1.807, 2.05) is 0 Å². The van der Waals surface area contributed by atoms with Crippen molar-refractivity contribution >= 4 is 37.9 Å². The van der Waals surface area contributed by atoms with Crippen LogP contribution in [0.25, 0.3) is 21.8 Å². The fourth-order valence-electron chi connectivity index (χ4n) is 3.38. The molecule has 0 saturated heterocycles. The van der Waals surface area contributed by atoms with E-state index in [4.69, 9.17) is 14.0 Å². The normalized spacial score (nSPS) is 11.7. The van der Waals surface area contributed by atoms with Crippen LogP contribution in [0.4, 0.5) is 0 Å². The van der Waals surface area contributed by atoms with E-state index in [0.29, 0.717) is 33.3 Å². The van der Waals surface area contributed by atoms with Crippen LogP contribution in [-0.4, -0.2) is 44.0 Å². The van der Waals surface area contributed by atoms with Crippen molar-refractivity contribution in [1.29, 1.82) is 0 Å². The average molecular weight is 406 g/mol. The maximum atomic E-state index is 12.1. The Kier molecular flexibility index (Phi) is 5.39. The Bertz CT molecular complexity index is 1170. The highest BCUT2D eigenvalue weighted by molar-refractivity contribution is 7.85. The van der Waals surface area contributed by atoms with Gasteiger partial charge in [-0.1, -0.05) is 12.1 Å². The fraction of sp³-hybridized carbons (Fsp3) is 0.263. The summed E-state index contributed by atoms with van der Waals surface area (Å²) in [6.45, 7) is 0.236. The Morgan fingerprint density at radius 3 is 2.43 bits per heavy atom. The molecule has 1 heterocycles. The monoisotopic (exact) mass is 406 g/mol. The van der Waals surface area contributed by atoms with Gasteiger partial charge in [0.15, 0.2) is 12.3 Å². The number of methoxy groups -OCH3 is 2. The molecule has 0 fully saturated rings. The number of para-hydroxylation sites is 1. The topological polar surface area (TPSA) is 114 Å². The molecule has 8 nitrogen and oxygen atoms in total. The molecule has 0 aliphatic carbocycles. The Hall–Kier alpha value is -2.91. The number of aryl methyl sites for hydroxylation is 1. The molecule has 28 heavy (non-hydrogen) atoms. The number of aromatic nitrogens is 1. The number of rotatable bonds is 7. The molecule has 0 radical (unpaired) electrons. The van der Waals surface area contributed by atoms with Crippen LogP contribution >= 0.6 is 0 Å². The molecule has 1 aromatic heterocycles. The van der Waals surface area contributed by atoms with Crippen molar-refractivity contribution in [3.8, 4) is 11.5 Å². The van der Waals surface area contributed by atoms with E-state index in [-0.39, 0.29) is 18.5 Å². The molecule has 0 amide bonds. The number of hydrogen-bond acceptors (Lipinski definition) is 5. The number of hydrogen-bond donors (Lipinski definition) is 2. The quantitative estimate of drug-likeness (QED) is 0.351. The van der Waals surface area contributed by atoms with Crippen LogP contribution in [0.1, 0.15) is 16.8 Å². The van der Waals surface area contributed by atoms with Crippen molar-refractivity contribution in [3.05, 3.63) is 42.0 Å². The lowest BCUT2D eigenvalue weighted by molar-refractivity contribution is -0.645. The van der Waals surface area contributed by atoms with Crippen LogP contribution in [-0.2, 0) is 16.7 Å². The molecule has 9 heteroatoms. The molecule has 0 aliphatic rings. The van der Waals surface area contributed by atoms with Gasteiger partial charge in [0.25, 0.3) is 15.6 Å². The smallest absolute Gasteiger partial charge is 0.337 e. The second-order valence-corrected chi connectivity index (χ2v) is 7.79. The third-order valence-electron chi connectivity index (χ3n) is 4.51. The zero-order chi connectivity index (χ0) is 20.5. The Morgan fingerprint density at radius 2 is 1.82 bits per heavy atom. The fourth-order valence-corrected chi connectivity index (χ4v) is 3.87. The van der Waals surface area contributed by atoms with Gasteiger partial charge >= 0.3 is 5.97 Å². The van der Waals surface area contributed by atoms with Crippen molar-refractivity contribution in [1.82, 2.24) is 0 Å². The Balaban J connectivity index is 2.41. The molecule has 0 saturated carbocycles. The molecular formula is C19H20NO7S+. The molecule has 0 bridgehead atoms. The number of carbonyl (C=O) groups is 1. The molecule has 0 atom stereocenters. The number of carboxylic acids is 1. The van der Waals surface area contributed by atoms with Gasteiger partial charge in [-0.15, -0.1) is 0 Å². The second-order valence-electron chi connectivity index (χ2n) is 6.21. The van der Waals surface area contributed by atoms with E-state index in [1.54, 1.807) is 41.0 Å². The average Bonchev–Trinajstić information content (AvgIpc) is 2.65. The number of pyridine rings is 1. The van der Waals surface area contributed by atoms with Crippen LogP contribution < -0.4 is 14.0 Å². The number of nitrogens with zero attached hydrogens (tertiary/aromatic N) is 1. The largest absolute Gasteiger partial charge is 0.497 e. The highest BCUT2D eigenvalue weighted by atomic mass is 32.2. The molecule has 148 valence electrons. The molecular weight excluding hydrogens is 386 g/mol. The summed E-state index contributed by atoms with van der Waals surface area (Å²) in [6.07, 6.45) is 0.143.